The normalized spacial score (nSPS) is 27.5. The number of aliphatic carboxylic acids is 1. The zero-order chi connectivity index (χ0) is 15.9. The van der Waals surface area contributed by atoms with E-state index < -0.39 is 5.97 Å². The fraction of sp³-hybridized carbons (Fsp3) is 0.556. The molecule has 0 bridgehead atoms. The minimum atomic E-state index is -0.699. The molecule has 1 aliphatic heterocycles. The van der Waals surface area contributed by atoms with Crippen LogP contribution in [0.25, 0.3) is 0 Å². The van der Waals surface area contributed by atoms with Crippen LogP contribution in [0.4, 0.5) is 0 Å². The van der Waals surface area contributed by atoms with Crippen LogP contribution in [-0.2, 0) is 4.79 Å². The van der Waals surface area contributed by atoms with Gasteiger partial charge in [-0.3, -0.25) is 9.59 Å². The molecule has 4 heteroatoms. The lowest BCUT2D eigenvalue weighted by Gasteiger charge is -2.41. The van der Waals surface area contributed by atoms with E-state index in [-0.39, 0.29) is 23.8 Å². The number of carboxylic acids is 1. The molecule has 0 spiro atoms. The predicted octanol–water partition coefficient (Wildman–Crippen LogP) is 3.02. The summed E-state index contributed by atoms with van der Waals surface area (Å²) >= 11 is 0. The number of carbonyl (C=O) groups is 2. The Bertz CT molecular complexity index is 610. The molecule has 3 atom stereocenters. The smallest absolute Gasteiger partial charge is 0.306 e. The molecule has 1 saturated heterocycles. The molecule has 22 heavy (non-hydrogen) atoms. The van der Waals surface area contributed by atoms with Crippen LogP contribution in [0.5, 0.6) is 0 Å². The highest BCUT2D eigenvalue weighted by Gasteiger charge is 2.45. The molecule has 0 aromatic heterocycles. The number of aryl methyl sites for hydroxylation is 2. The molecule has 1 heterocycles. The first kappa shape index (κ1) is 15.1. The van der Waals surface area contributed by atoms with Crippen molar-refractivity contribution in [3.05, 3.63) is 34.9 Å². The minimum absolute atomic E-state index is 0.0591. The van der Waals surface area contributed by atoms with Crippen molar-refractivity contribution >= 4 is 11.9 Å². The number of carbonyl (C=O) groups excluding carboxylic acids is 1. The lowest BCUT2D eigenvalue weighted by Crippen LogP contribution is -2.51. The number of amides is 1. The van der Waals surface area contributed by atoms with Crippen LogP contribution in [-0.4, -0.2) is 34.5 Å². The van der Waals surface area contributed by atoms with E-state index in [1.807, 2.05) is 36.9 Å². The zero-order valence-corrected chi connectivity index (χ0v) is 13.2. The molecule has 3 rings (SSSR count). The van der Waals surface area contributed by atoms with Gasteiger partial charge in [0.2, 0.25) is 0 Å². The van der Waals surface area contributed by atoms with Gasteiger partial charge in [0.25, 0.3) is 5.91 Å². The number of carboxylic acid groups (broad SMARTS) is 1. The van der Waals surface area contributed by atoms with E-state index in [4.69, 9.17) is 0 Å². The second kappa shape index (κ2) is 5.75. The summed E-state index contributed by atoms with van der Waals surface area (Å²) in [4.78, 5) is 26.2. The van der Waals surface area contributed by atoms with Gasteiger partial charge in [0.15, 0.2) is 0 Å². The van der Waals surface area contributed by atoms with E-state index in [9.17, 15) is 14.7 Å². The van der Waals surface area contributed by atoms with Gasteiger partial charge in [0.1, 0.15) is 0 Å². The van der Waals surface area contributed by atoms with Gasteiger partial charge in [-0.2, -0.15) is 0 Å². The standard InChI is InChI=1S/C18H23NO3/c1-11-6-7-13(10-12(11)2)17(20)19-9-8-15(18(21)22)14-4-3-5-16(14)19/h6-7,10,14-16H,3-5,8-9H2,1-2H3,(H,21,22). The third-order valence-corrected chi connectivity index (χ3v) is 5.46. The van der Waals surface area contributed by atoms with Crippen molar-refractivity contribution in [2.75, 3.05) is 6.54 Å². The topological polar surface area (TPSA) is 57.6 Å². The SMILES string of the molecule is Cc1ccc(C(=O)N2CCC(C(=O)O)C3CCCC32)cc1C. The first-order valence-corrected chi connectivity index (χ1v) is 8.10. The van der Waals surface area contributed by atoms with Gasteiger partial charge in [0, 0.05) is 18.2 Å². The van der Waals surface area contributed by atoms with Crippen LogP contribution in [0.15, 0.2) is 18.2 Å². The molecule has 3 unspecified atom stereocenters. The molecule has 1 aromatic carbocycles. The average Bonchev–Trinajstić information content (AvgIpc) is 2.97. The van der Waals surface area contributed by atoms with Gasteiger partial charge in [0.05, 0.1) is 5.92 Å². The summed E-state index contributed by atoms with van der Waals surface area (Å²) in [5.41, 5.74) is 3.02. The van der Waals surface area contributed by atoms with E-state index in [0.717, 1.165) is 30.4 Å². The Labute approximate surface area is 131 Å². The van der Waals surface area contributed by atoms with Gasteiger partial charge in [-0.05, 0) is 62.3 Å². The fourth-order valence-corrected chi connectivity index (χ4v) is 4.08. The van der Waals surface area contributed by atoms with Gasteiger partial charge in [-0.15, -0.1) is 0 Å². The molecule has 4 nitrogen and oxygen atoms in total. The lowest BCUT2D eigenvalue weighted by molar-refractivity contribution is -0.146. The molecule has 118 valence electrons. The number of rotatable bonds is 2. The number of hydrogen-bond acceptors (Lipinski definition) is 2. The van der Waals surface area contributed by atoms with Crippen molar-refractivity contribution in [1.29, 1.82) is 0 Å². The van der Waals surface area contributed by atoms with Crippen LogP contribution >= 0.6 is 0 Å². The molecule has 1 aromatic rings. The quantitative estimate of drug-likeness (QED) is 0.913. The second-order valence-electron chi connectivity index (χ2n) is 6.69. The van der Waals surface area contributed by atoms with Crippen molar-refractivity contribution in [1.82, 2.24) is 4.90 Å². The van der Waals surface area contributed by atoms with E-state index in [1.54, 1.807) is 0 Å². The molecule has 1 aliphatic carbocycles. The van der Waals surface area contributed by atoms with Crippen LogP contribution in [0.1, 0.15) is 47.2 Å². The number of benzene rings is 1. The predicted molar refractivity (Wildman–Crippen MR) is 83.8 cm³/mol. The Morgan fingerprint density at radius 3 is 2.59 bits per heavy atom. The van der Waals surface area contributed by atoms with E-state index >= 15 is 0 Å². The number of nitrogens with zero attached hydrogens (tertiary/aromatic N) is 1. The van der Waals surface area contributed by atoms with E-state index in [0.29, 0.717) is 13.0 Å². The maximum atomic E-state index is 12.9. The molecule has 1 saturated carbocycles. The summed E-state index contributed by atoms with van der Waals surface area (Å²) < 4.78 is 0. The van der Waals surface area contributed by atoms with Gasteiger partial charge < -0.3 is 10.0 Å². The van der Waals surface area contributed by atoms with Crippen molar-refractivity contribution in [2.45, 2.75) is 45.6 Å². The third-order valence-electron chi connectivity index (χ3n) is 5.46. The highest BCUT2D eigenvalue weighted by molar-refractivity contribution is 5.95. The van der Waals surface area contributed by atoms with Crippen molar-refractivity contribution in [3.8, 4) is 0 Å². The van der Waals surface area contributed by atoms with E-state index in [1.165, 1.54) is 5.56 Å². The summed E-state index contributed by atoms with van der Waals surface area (Å²) in [5, 5.41) is 9.39. The minimum Gasteiger partial charge on any atom is -0.481 e. The summed E-state index contributed by atoms with van der Waals surface area (Å²) in [7, 11) is 0. The highest BCUT2D eigenvalue weighted by atomic mass is 16.4. The largest absolute Gasteiger partial charge is 0.481 e. The first-order chi connectivity index (χ1) is 10.5. The number of likely N-dealkylation sites (tertiary alicyclic amines) is 1. The van der Waals surface area contributed by atoms with E-state index in [2.05, 4.69) is 0 Å². The van der Waals surface area contributed by atoms with Crippen molar-refractivity contribution < 1.29 is 14.7 Å². The zero-order valence-electron chi connectivity index (χ0n) is 13.2. The summed E-state index contributed by atoms with van der Waals surface area (Å²) in [5.74, 6) is -0.794. The molecular weight excluding hydrogens is 278 g/mol. The molecule has 0 radical (unpaired) electrons. The maximum absolute atomic E-state index is 12.9. The lowest BCUT2D eigenvalue weighted by atomic mass is 9.81. The number of hydrogen-bond donors (Lipinski definition) is 1. The van der Waals surface area contributed by atoms with Crippen LogP contribution in [0, 0.1) is 25.7 Å². The van der Waals surface area contributed by atoms with Crippen LogP contribution in [0.3, 0.4) is 0 Å². The van der Waals surface area contributed by atoms with Crippen molar-refractivity contribution in [3.63, 3.8) is 0 Å². The maximum Gasteiger partial charge on any atom is 0.306 e. The number of piperidine rings is 1. The molecule has 1 N–H and O–H groups in total. The summed E-state index contributed by atoms with van der Waals surface area (Å²) in [6.07, 6.45) is 3.46. The van der Waals surface area contributed by atoms with Crippen LogP contribution in [0.2, 0.25) is 0 Å². The summed E-state index contributed by atoms with van der Waals surface area (Å²) in [6, 6.07) is 5.92. The summed E-state index contributed by atoms with van der Waals surface area (Å²) in [6.45, 7) is 4.61. The molecule has 1 amide bonds. The molecule has 2 fully saturated rings. The Morgan fingerprint density at radius 1 is 1.14 bits per heavy atom. The Hall–Kier alpha value is -1.84. The van der Waals surface area contributed by atoms with Crippen molar-refractivity contribution in [2.24, 2.45) is 11.8 Å². The number of fused-ring (bicyclic) bond motifs is 1. The van der Waals surface area contributed by atoms with Gasteiger partial charge >= 0.3 is 5.97 Å². The fourth-order valence-electron chi connectivity index (χ4n) is 4.08. The Balaban J connectivity index is 1.84. The van der Waals surface area contributed by atoms with Crippen LogP contribution < -0.4 is 0 Å². The third kappa shape index (κ3) is 2.51. The molecular formula is C18H23NO3. The Kier molecular flexibility index (Phi) is 3.94. The van der Waals surface area contributed by atoms with Gasteiger partial charge in [-0.25, -0.2) is 0 Å². The van der Waals surface area contributed by atoms with Gasteiger partial charge in [-0.1, -0.05) is 12.5 Å². The molecule has 2 aliphatic rings. The average molecular weight is 301 g/mol. The highest BCUT2D eigenvalue weighted by Crippen LogP contribution is 2.41. The second-order valence-corrected chi connectivity index (χ2v) is 6.69. The Morgan fingerprint density at radius 2 is 1.91 bits per heavy atom. The monoisotopic (exact) mass is 301 g/mol. The first-order valence-electron chi connectivity index (χ1n) is 8.10.